The van der Waals surface area contributed by atoms with Crippen LogP contribution < -0.4 is 4.90 Å². The second-order valence-corrected chi connectivity index (χ2v) is 4.37. The fraction of sp³-hybridized carbons (Fsp3) is 0.455. The molecule has 0 amide bonds. The zero-order valence-electron chi connectivity index (χ0n) is 9.17. The lowest BCUT2D eigenvalue weighted by molar-refractivity contribution is 0.200. The van der Waals surface area contributed by atoms with E-state index in [9.17, 15) is 0 Å². The first-order valence-electron chi connectivity index (χ1n) is 5.44. The molecule has 5 nitrogen and oxygen atoms in total. The molecule has 0 saturated carbocycles. The zero-order chi connectivity index (χ0) is 11.1. The van der Waals surface area contributed by atoms with Gasteiger partial charge in [0.15, 0.2) is 5.65 Å². The third-order valence-electron chi connectivity index (χ3n) is 3.04. The molecule has 2 aromatic heterocycles. The lowest BCUT2D eigenvalue weighted by Crippen LogP contribution is -2.49. The highest BCUT2D eigenvalue weighted by molar-refractivity contribution is 5.54. The number of aliphatic hydroxyl groups excluding tert-OH is 1. The third kappa shape index (κ3) is 1.36. The van der Waals surface area contributed by atoms with Crippen molar-refractivity contribution in [2.45, 2.75) is 6.92 Å². The van der Waals surface area contributed by atoms with Gasteiger partial charge in [0.25, 0.3) is 0 Å². The van der Waals surface area contributed by atoms with Gasteiger partial charge in [0, 0.05) is 25.6 Å². The minimum atomic E-state index is 0.267. The van der Waals surface area contributed by atoms with Crippen LogP contribution in [0.25, 0.3) is 5.65 Å². The van der Waals surface area contributed by atoms with E-state index in [2.05, 4.69) is 28.0 Å². The van der Waals surface area contributed by atoms with Crippen LogP contribution >= 0.6 is 0 Å². The number of anilines is 1. The molecule has 3 heterocycles. The normalized spacial score (nSPS) is 16.8. The molecule has 1 aliphatic rings. The van der Waals surface area contributed by atoms with Crippen LogP contribution in [0.2, 0.25) is 0 Å². The Morgan fingerprint density at radius 2 is 2.25 bits per heavy atom. The number of hydrogen-bond donors (Lipinski definition) is 1. The highest BCUT2D eigenvalue weighted by atomic mass is 16.3. The molecule has 0 bridgehead atoms. The summed E-state index contributed by atoms with van der Waals surface area (Å²) in [4.78, 5) is 6.41. The maximum absolute atomic E-state index is 9.02. The quantitative estimate of drug-likeness (QED) is 0.796. The maximum atomic E-state index is 9.02. The number of fused-ring (bicyclic) bond motifs is 1. The van der Waals surface area contributed by atoms with Gasteiger partial charge >= 0.3 is 0 Å². The number of rotatable bonds is 2. The minimum absolute atomic E-state index is 0.267. The Hall–Kier alpha value is -1.62. The number of pyridine rings is 1. The molecule has 1 aliphatic heterocycles. The SMILES string of the molecule is Cc1cc(N2CC(CO)C2)n2ncnc2c1. The zero-order valence-corrected chi connectivity index (χ0v) is 9.17. The molecule has 0 spiro atoms. The first-order valence-corrected chi connectivity index (χ1v) is 5.44. The Bertz CT molecular complexity index is 516. The number of aryl methyl sites for hydroxylation is 1. The molecular weight excluding hydrogens is 204 g/mol. The average Bonchev–Trinajstić information content (AvgIpc) is 2.63. The summed E-state index contributed by atoms with van der Waals surface area (Å²) >= 11 is 0. The van der Waals surface area contributed by atoms with Crippen molar-refractivity contribution in [3.05, 3.63) is 24.0 Å². The van der Waals surface area contributed by atoms with E-state index in [0.29, 0.717) is 5.92 Å². The molecule has 84 valence electrons. The van der Waals surface area contributed by atoms with Gasteiger partial charge in [-0.25, -0.2) is 4.98 Å². The van der Waals surface area contributed by atoms with E-state index in [1.165, 1.54) is 5.56 Å². The standard InChI is InChI=1S/C11H14N4O/c1-8-2-10-12-7-13-15(10)11(3-8)14-4-9(5-14)6-16/h2-3,7,9,16H,4-6H2,1H3. The predicted octanol–water partition coefficient (Wildman–Crippen LogP) is 0.466. The summed E-state index contributed by atoms with van der Waals surface area (Å²) in [5.74, 6) is 1.47. The highest BCUT2D eigenvalue weighted by Crippen LogP contribution is 2.25. The van der Waals surface area contributed by atoms with Gasteiger partial charge in [0.1, 0.15) is 12.1 Å². The summed E-state index contributed by atoms with van der Waals surface area (Å²) in [5.41, 5.74) is 2.06. The van der Waals surface area contributed by atoms with Crippen LogP contribution in [-0.4, -0.2) is 39.4 Å². The minimum Gasteiger partial charge on any atom is -0.396 e. The Labute approximate surface area is 93.3 Å². The van der Waals surface area contributed by atoms with Gasteiger partial charge in [-0.05, 0) is 24.6 Å². The van der Waals surface area contributed by atoms with Crippen LogP contribution in [0.15, 0.2) is 18.5 Å². The Balaban J connectivity index is 2.00. The fourth-order valence-electron chi connectivity index (χ4n) is 2.13. The summed E-state index contributed by atoms with van der Waals surface area (Å²) in [6.45, 7) is 4.12. The van der Waals surface area contributed by atoms with Gasteiger partial charge in [-0.2, -0.15) is 9.61 Å². The van der Waals surface area contributed by atoms with Gasteiger partial charge < -0.3 is 10.0 Å². The number of nitrogens with zero attached hydrogens (tertiary/aromatic N) is 4. The topological polar surface area (TPSA) is 53.7 Å². The van der Waals surface area contributed by atoms with Crippen LogP contribution in [0.4, 0.5) is 5.82 Å². The number of aliphatic hydroxyl groups is 1. The van der Waals surface area contributed by atoms with E-state index in [1.54, 1.807) is 6.33 Å². The number of hydrogen-bond acceptors (Lipinski definition) is 4. The Morgan fingerprint density at radius 3 is 3.00 bits per heavy atom. The molecule has 0 atom stereocenters. The van der Waals surface area contributed by atoms with Gasteiger partial charge in [0.2, 0.25) is 0 Å². The van der Waals surface area contributed by atoms with Gasteiger partial charge in [-0.1, -0.05) is 0 Å². The lowest BCUT2D eigenvalue weighted by Gasteiger charge is -2.39. The Morgan fingerprint density at radius 1 is 1.44 bits per heavy atom. The van der Waals surface area contributed by atoms with Crippen molar-refractivity contribution in [1.29, 1.82) is 0 Å². The molecule has 1 saturated heterocycles. The molecule has 2 aromatic rings. The van der Waals surface area contributed by atoms with Crippen molar-refractivity contribution < 1.29 is 5.11 Å². The predicted molar refractivity (Wildman–Crippen MR) is 60.5 cm³/mol. The second kappa shape index (κ2) is 3.45. The van der Waals surface area contributed by atoms with E-state index >= 15 is 0 Å². The maximum Gasteiger partial charge on any atom is 0.157 e. The molecule has 1 fully saturated rings. The van der Waals surface area contributed by atoms with Crippen LogP contribution in [0.3, 0.4) is 0 Å². The summed E-state index contributed by atoms with van der Waals surface area (Å²) in [6.07, 6.45) is 1.57. The number of aromatic nitrogens is 3. The van der Waals surface area contributed by atoms with Crippen LogP contribution in [0.5, 0.6) is 0 Å². The molecular formula is C11H14N4O. The summed E-state index contributed by atoms with van der Waals surface area (Å²) in [5, 5.41) is 13.2. The molecule has 0 aromatic carbocycles. The van der Waals surface area contributed by atoms with Crippen molar-refractivity contribution in [1.82, 2.24) is 14.6 Å². The van der Waals surface area contributed by atoms with E-state index in [-0.39, 0.29) is 6.61 Å². The molecule has 0 radical (unpaired) electrons. The van der Waals surface area contributed by atoms with Crippen LogP contribution in [0.1, 0.15) is 5.56 Å². The summed E-state index contributed by atoms with van der Waals surface area (Å²) in [6, 6.07) is 4.12. The summed E-state index contributed by atoms with van der Waals surface area (Å²) < 4.78 is 1.85. The van der Waals surface area contributed by atoms with E-state index < -0.39 is 0 Å². The first-order chi connectivity index (χ1) is 7.78. The first kappa shape index (κ1) is 9.59. The van der Waals surface area contributed by atoms with Crippen molar-refractivity contribution in [3.63, 3.8) is 0 Å². The van der Waals surface area contributed by atoms with E-state index in [4.69, 9.17) is 5.11 Å². The average molecular weight is 218 g/mol. The molecule has 5 heteroatoms. The van der Waals surface area contributed by atoms with Gasteiger partial charge in [-0.15, -0.1) is 0 Å². The van der Waals surface area contributed by atoms with Crippen molar-refractivity contribution in [2.75, 3.05) is 24.6 Å². The van der Waals surface area contributed by atoms with E-state index in [1.807, 2.05) is 10.6 Å². The molecule has 1 N–H and O–H groups in total. The summed E-state index contributed by atoms with van der Waals surface area (Å²) in [7, 11) is 0. The molecule has 3 rings (SSSR count). The molecule has 16 heavy (non-hydrogen) atoms. The van der Waals surface area contributed by atoms with Crippen LogP contribution in [0, 0.1) is 12.8 Å². The highest BCUT2D eigenvalue weighted by Gasteiger charge is 2.27. The van der Waals surface area contributed by atoms with Gasteiger partial charge in [-0.3, -0.25) is 0 Å². The van der Waals surface area contributed by atoms with Crippen molar-refractivity contribution >= 4 is 11.5 Å². The molecule has 0 aliphatic carbocycles. The third-order valence-corrected chi connectivity index (χ3v) is 3.04. The monoisotopic (exact) mass is 218 g/mol. The van der Waals surface area contributed by atoms with Crippen molar-refractivity contribution in [2.24, 2.45) is 5.92 Å². The van der Waals surface area contributed by atoms with Crippen molar-refractivity contribution in [3.8, 4) is 0 Å². The largest absolute Gasteiger partial charge is 0.396 e. The van der Waals surface area contributed by atoms with Gasteiger partial charge in [0.05, 0.1) is 0 Å². The second-order valence-electron chi connectivity index (χ2n) is 4.37. The molecule has 0 unspecified atom stereocenters. The fourth-order valence-corrected chi connectivity index (χ4v) is 2.13. The Kier molecular flexibility index (Phi) is 2.07. The van der Waals surface area contributed by atoms with Crippen LogP contribution in [-0.2, 0) is 0 Å². The smallest absolute Gasteiger partial charge is 0.157 e. The van der Waals surface area contributed by atoms with E-state index in [0.717, 1.165) is 24.6 Å². The lowest BCUT2D eigenvalue weighted by atomic mass is 10.0.